The molecule has 0 unspecified atom stereocenters. The van der Waals surface area contributed by atoms with Gasteiger partial charge >= 0.3 is 0 Å². The molecule has 126 valence electrons. The zero-order chi connectivity index (χ0) is 17.5. The van der Waals surface area contributed by atoms with Crippen molar-refractivity contribution in [3.05, 3.63) is 54.6 Å². The van der Waals surface area contributed by atoms with Crippen LogP contribution in [-0.2, 0) is 9.59 Å². The third kappa shape index (κ3) is 5.12. The Labute approximate surface area is 142 Å². The molecule has 2 aromatic rings. The fourth-order valence-electron chi connectivity index (χ4n) is 1.96. The second kappa shape index (κ2) is 8.15. The van der Waals surface area contributed by atoms with Gasteiger partial charge in [0.1, 0.15) is 5.75 Å². The van der Waals surface area contributed by atoms with E-state index in [1.165, 1.54) is 0 Å². The molecule has 0 fully saturated rings. The van der Waals surface area contributed by atoms with Gasteiger partial charge in [-0.3, -0.25) is 9.59 Å². The zero-order valence-electron chi connectivity index (χ0n) is 14.1. The van der Waals surface area contributed by atoms with Crippen molar-refractivity contribution < 1.29 is 14.3 Å². The summed E-state index contributed by atoms with van der Waals surface area (Å²) in [6.45, 7) is 5.33. The maximum Gasteiger partial charge on any atom is 0.265 e. The Morgan fingerprint density at radius 3 is 2.00 bits per heavy atom. The van der Waals surface area contributed by atoms with Crippen LogP contribution in [0.5, 0.6) is 5.75 Å². The van der Waals surface area contributed by atoms with Crippen LogP contribution in [0.3, 0.4) is 0 Å². The number of rotatable bonds is 6. The summed E-state index contributed by atoms with van der Waals surface area (Å²) < 4.78 is 5.59. The van der Waals surface area contributed by atoms with Gasteiger partial charge in [0.2, 0.25) is 5.91 Å². The molecule has 0 aliphatic heterocycles. The lowest BCUT2D eigenvalue weighted by Crippen LogP contribution is -2.30. The van der Waals surface area contributed by atoms with Gasteiger partial charge in [-0.1, -0.05) is 38.1 Å². The van der Waals surface area contributed by atoms with Gasteiger partial charge in [0.15, 0.2) is 6.10 Å². The molecular weight excluding hydrogens is 304 g/mol. The second-order valence-electron chi connectivity index (χ2n) is 5.79. The molecular formula is C19H22N2O3. The second-order valence-corrected chi connectivity index (χ2v) is 5.79. The third-order valence-corrected chi connectivity index (χ3v) is 3.35. The van der Waals surface area contributed by atoms with Crippen LogP contribution in [0.1, 0.15) is 20.8 Å². The van der Waals surface area contributed by atoms with Crippen molar-refractivity contribution in [1.29, 1.82) is 0 Å². The molecule has 0 spiro atoms. The fourth-order valence-corrected chi connectivity index (χ4v) is 1.96. The van der Waals surface area contributed by atoms with Crippen LogP contribution >= 0.6 is 0 Å². The van der Waals surface area contributed by atoms with E-state index in [0.29, 0.717) is 17.1 Å². The lowest BCUT2D eigenvalue weighted by molar-refractivity contribution is -0.122. The molecule has 5 heteroatoms. The Morgan fingerprint density at radius 1 is 0.833 bits per heavy atom. The molecule has 0 radical (unpaired) electrons. The Hall–Kier alpha value is -2.82. The number of para-hydroxylation sites is 1. The molecule has 0 saturated heterocycles. The largest absolute Gasteiger partial charge is 0.481 e. The first-order valence-corrected chi connectivity index (χ1v) is 7.89. The highest BCUT2D eigenvalue weighted by atomic mass is 16.5. The summed E-state index contributed by atoms with van der Waals surface area (Å²) >= 11 is 0. The van der Waals surface area contributed by atoms with Gasteiger partial charge in [0, 0.05) is 17.3 Å². The Balaban J connectivity index is 1.97. The quantitative estimate of drug-likeness (QED) is 0.851. The number of amides is 2. The SMILES string of the molecule is CC(C)C(=O)Nc1cccc(NC(=O)[C@@H](C)Oc2ccccc2)c1. The Kier molecular flexibility index (Phi) is 5.95. The number of hydrogen-bond donors (Lipinski definition) is 2. The standard InChI is InChI=1S/C19H22N2O3/c1-13(2)18(22)20-15-8-7-9-16(12-15)21-19(23)14(3)24-17-10-5-4-6-11-17/h4-14H,1-3H3,(H,20,22)(H,21,23)/t14-/m1/s1. The van der Waals surface area contributed by atoms with Crippen LogP contribution in [0.15, 0.2) is 54.6 Å². The third-order valence-electron chi connectivity index (χ3n) is 3.35. The average Bonchev–Trinajstić information content (AvgIpc) is 2.56. The Morgan fingerprint density at radius 2 is 1.42 bits per heavy atom. The summed E-state index contributed by atoms with van der Waals surface area (Å²) in [4.78, 5) is 24.0. The number of carbonyl (C=O) groups is 2. The van der Waals surface area contributed by atoms with E-state index in [2.05, 4.69) is 10.6 Å². The smallest absolute Gasteiger partial charge is 0.265 e. The molecule has 0 aliphatic rings. The summed E-state index contributed by atoms with van der Waals surface area (Å²) in [5.74, 6) is 0.200. The minimum absolute atomic E-state index is 0.0701. The number of benzene rings is 2. The molecule has 0 heterocycles. The number of ether oxygens (including phenoxy) is 1. The average molecular weight is 326 g/mol. The van der Waals surface area contributed by atoms with Crippen LogP contribution in [0, 0.1) is 5.92 Å². The Bertz CT molecular complexity index is 699. The summed E-state index contributed by atoms with van der Waals surface area (Å²) in [5, 5.41) is 5.59. The lowest BCUT2D eigenvalue weighted by Gasteiger charge is -2.15. The van der Waals surface area contributed by atoms with Crippen molar-refractivity contribution in [1.82, 2.24) is 0 Å². The molecule has 0 aromatic heterocycles. The van der Waals surface area contributed by atoms with Crippen LogP contribution in [0.2, 0.25) is 0 Å². The summed E-state index contributed by atoms with van der Waals surface area (Å²) in [6.07, 6.45) is -0.638. The van der Waals surface area contributed by atoms with Gasteiger partial charge in [-0.05, 0) is 37.3 Å². The van der Waals surface area contributed by atoms with Crippen LogP contribution in [0.4, 0.5) is 11.4 Å². The fraction of sp³-hybridized carbons (Fsp3) is 0.263. The maximum absolute atomic E-state index is 12.2. The summed E-state index contributed by atoms with van der Waals surface area (Å²) in [7, 11) is 0. The highest BCUT2D eigenvalue weighted by molar-refractivity contribution is 5.96. The topological polar surface area (TPSA) is 67.4 Å². The molecule has 2 amide bonds. The van der Waals surface area contributed by atoms with Crippen molar-refractivity contribution in [2.45, 2.75) is 26.9 Å². The maximum atomic E-state index is 12.2. The van der Waals surface area contributed by atoms with E-state index in [1.54, 1.807) is 43.3 Å². The number of anilines is 2. The molecule has 0 saturated carbocycles. The van der Waals surface area contributed by atoms with Gasteiger partial charge in [-0.25, -0.2) is 0 Å². The monoisotopic (exact) mass is 326 g/mol. The lowest BCUT2D eigenvalue weighted by atomic mass is 10.2. The minimum Gasteiger partial charge on any atom is -0.481 e. The molecule has 1 atom stereocenters. The van der Waals surface area contributed by atoms with Crippen LogP contribution < -0.4 is 15.4 Å². The van der Waals surface area contributed by atoms with Crippen LogP contribution in [-0.4, -0.2) is 17.9 Å². The van der Waals surface area contributed by atoms with E-state index >= 15 is 0 Å². The van der Waals surface area contributed by atoms with E-state index in [4.69, 9.17) is 4.74 Å². The number of nitrogens with one attached hydrogen (secondary N) is 2. The van der Waals surface area contributed by atoms with Crippen molar-refractivity contribution in [3.8, 4) is 5.75 Å². The highest BCUT2D eigenvalue weighted by Gasteiger charge is 2.15. The van der Waals surface area contributed by atoms with E-state index in [0.717, 1.165) is 0 Å². The molecule has 2 N–H and O–H groups in total. The summed E-state index contributed by atoms with van der Waals surface area (Å²) in [6, 6.07) is 16.2. The number of carbonyl (C=O) groups excluding carboxylic acids is 2. The van der Waals surface area contributed by atoms with Gasteiger partial charge in [-0.15, -0.1) is 0 Å². The molecule has 24 heavy (non-hydrogen) atoms. The first kappa shape index (κ1) is 17.5. The predicted octanol–water partition coefficient (Wildman–Crippen LogP) is 3.69. The van der Waals surface area contributed by atoms with Gasteiger partial charge in [0.25, 0.3) is 5.91 Å². The van der Waals surface area contributed by atoms with Gasteiger partial charge < -0.3 is 15.4 Å². The van der Waals surface area contributed by atoms with E-state index in [1.807, 2.05) is 32.0 Å². The van der Waals surface area contributed by atoms with Crippen molar-refractivity contribution in [2.75, 3.05) is 10.6 Å². The normalized spacial score (nSPS) is 11.7. The first-order valence-electron chi connectivity index (χ1n) is 7.89. The zero-order valence-corrected chi connectivity index (χ0v) is 14.1. The minimum atomic E-state index is -0.638. The van der Waals surface area contributed by atoms with E-state index in [9.17, 15) is 9.59 Å². The van der Waals surface area contributed by atoms with E-state index in [-0.39, 0.29) is 17.7 Å². The number of hydrogen-bond acceptors (Lipinski definition) is 3. The van der Waals surface area contributed by atoms with Gasteiger partial charge in [0.05, 0.1) is 0 Å². The first-order chi connectivity index (χ1) is 11.5. The van der Waals surface area contributed by atoms with E-state index < -0.39 is 6.10 Å². The molecule has 2 aromatic carbocycles. The van der Waals surface area contributed by atoms with Gasteiger partial charge in [-0.2, -0.15) is 0 Å². The van der Waals surface area contributed by atoms with Crippen molar-refractivity contribution in [3.63, 3.8) is 0 Å². The predicted molar refractivity (Wildman–Crippen MR) is 95.1 cm³/mol. The van der Waals surface area contributed by atoms with Crippen LogP contribution in [0.25, 0.3) is 0 Å². The summed E-state index contributed by atoms with van der Waals surface area (Å²) in [5.41, 5.74) is 1.24. The highest BCUT2D eigenvalue weighted by Crippen LogP contribution is 2.17. The van der Waals surface area contributed by atoms with Crippen molar-refractivity contribution in [2.24, 2.45) is 5.92 Å². The molecule has 0 aliphatic carbocycles. The van der Waals surface area contributed by atoms with Crippen molar-refractivity contribution >= 4 is 23.2 Å². The molecule has 2 rings (SSSR count). The molecule has 0 bridgehead atoms. The molecule has 5 nitrogen and oxygen atoms in total.